The van der Waals surface area contributed by atoms with E-state index >= 15 is 0 Å². The highest BCUT2D eigenvalue weighted by Gasteiger charge is 2.53. The van der Waals surface area contributed by atoms with Crippen molar-refractivity contribution in [1.29, 1.82) is 0 Å². The van der Waals surface area contributed by atoms with Crippen LogP contribution in [0.25, 0.3) is 0 Å². The van der Waals surface area contributed by atoms with E-state index in [-0.39, 0.29) is 13.0 Å². The minimum atomic E-state index is -2.12. The molecule has 0 bridgehead atoms. The number of aliphatic hydroxyl groups excluding tert-OH is 4. The van der Waals surface area contributed by atoms with Gasteiger partial charge >= 0.3 is 5.97 Å². The van der Waals surface area contributed by atoms with E-state index in [9.17, 15) is 30.0 Å². The molecule has 0 radical (unpaired) electrons. The van der Waals surface area contributed by atoms with Crippen molar-refractivity contribution in [1.82, 2.24) is 5.32 Å². The summed E-state index contributed by atoms with van der Waals surface area (Å²) in [6, 6.07) is 7.80. The fourth-order valence-electron chi connectivity index (χ4n) is 3.55. The van der Waals surface area contributed by atoms with E-state index in [2.05, 4.69) is 5.32 Å². The Morgan fingerprint density at radius 3 is 2.46 bits per heavy atom. The summed E-state index contributed by atoms with van der Waals surface area (Å²) < 4.78 is 5.17. The molecule has 1 aliphatic rings. The molecule has 1 amide bonds. The van der Waals surface area contributed by atoms with Gasteiger partial charge in [0.1, 0.15) is 12.7 Å². The first-order valence-corrected chi connectivity index (χ1v) is 9.03. The van der Waals surface area contributed by atoms with Crippen molar-refractivity contribution in [3.8, 4) is 0 Å². The highest BCUT2D eigenvalue weighted by atomic mass is 16.5. The Balaban J connectivity index is 2.17. The zero-order valence-electron chi connectivity index (χ0n) is 15.6. The van der Waals surface area contributed by atoms with Crippen LogP contribution in [0.3, 0.4) is 0 Å². The van der Waals surface area contributed by atoms with Gasteiger partial charge in [0.15, 0.2) is 5.60 Å². The number of nitrogens with one attached hydrogen (secondary N) is 1. The molecule has 0 saturated heterocycles. The smallest absolute Gasteiger partial charge is 0.338 e. The highest BCUT2D eigenvalue weighted by Crippen LogP contribution is 2.37. The molecule has 0 aliphatic heterocycles. The summed E-state index contributed by atoms with van der Waals surface area (Å²) in [5.74, 6) is -2.56. The Morgan fingerprint density at radius 1 is 1.25 bits per heavy atom. The number of rotatable bonds is 7. The second kappa shape index (κ2) is 9.44. The van der Waals surface area contributed by atoms with Crippen LogP contribution < -0.4 is 5.32 Å². The lowest BCUT2D eigenvalue weighted by Gasteiger charge is -2.45. The first kappa shape index (κ1) is 22.3. The van der Waals surface area contributed by atoms with Gasteiger partial charge in [-0.2, -0.15) is 0 Å². The number of benzene rings is 1. The number of carbonyl (C=O) groups excluding carboxylic acids is 2. The van der Waals surface area contributed by atoms with Crippen LogP contribution in [0.5, 0.6) is 0 Å². The predicted octanol–water partition coefficient (Wildman–Crippen LogP) is -1.55. The van der Waals surface area contributed by atoms with Crippen molar-refractivity contribution >= 4 is 11.9 Å². The minimum absolute atomic E-state index is 0.0836. The summed E-state index contributed by atoms with van der Waals surface area (Å²) in [5.41, 5.74) is -1.41. The fraction of sp³-hybridized carbons (Fsp3) is 0.579. The van der Waals surface area contributed by atoms with Gasteiger partial charge in [-0.3, -0.25) is 4.79 Å². The molecule has 0 heterocycles. The third kappa shape index (κ3) is 5.27. The van der Waals surface area contributed by atoms with Gasteiger partial charge in [-0.25, -0.2) is 4.79 Å². The summed E-state index contributed by atoms with van der Waals surface area (Å²) in [5, 5.41) is 52.9. The third-order valence-electron chi connectivity index (χ3n) is 4.98. The monoisotopic (exact) mass is 397 g/mol. The van der Waals surface area contributed by atoms with Gasteiger partial charge in [0.25, 0.3) is 0 Å². The van der Waals surface area contributed by atoms with E-state index in [1.165, 1.54) is 6.92 Å². The van der Waals surface area contributed by atoms with E-state index < -0.39 is 60.8 Å². The minimum Gasteiger partial charge on any atom is -0.459 e. The first-order chi connectivity index (χ1) is 13.2. The topological polar surface area (TPSA) is 157 Å². The van der Waals surface area contributed by atoms with Gasteiger partial charge < -0.3 is 35.6 Å². The maximum atomic E-state index is 12.5. The Bertz CT molecular complexity index is 669. The summed E-state index contributed by atoms with van der Waals surface area (Å²) in [6.45, 7) is 0.366. The molecule has 0 spiro atoms. The first-order valence-electron chi connectivity index (χ1n) is 9.03. The van der Waals surface area contributed by atoms with E-state index in [4.69, 9.17) is 9.84 Å². The molecule has 9 heteroatoms. The van der Waals surface area contributed by atoms with Crippen LogP contribution in [0.4, 0.5) is 0 Å². The standard InChI is InChI=1S/C19H27NO8/c1-11(22)20-16-13(17(25)15(24)9-21)7-19(27,8-14(16)23)18(26)28-10-12-5-3-2-4-6-12/h2-6,13-17,21,23-25,27H,7-10H2,1H3,(H,20,22). The number of amides is 1. The van der Waals surface area contributed by atoms with Gasteiger partial charge in [0.05, 0.1) is 24.9 Å². The van der Waals surface area contributed by atoms with Crippen molar-refractivity contribution in [2.75, 3.05) is 6.61 Å². The summed E-state index contributed by atoms with van der Waals surface area (Å²) >= 11 is 0. The Kier molecular flexibility index (Phi) is 7.50. The zero-order valence-corrected chi connectivity index (χ0v) is 15.6. The molecular weight excluding hydrogens is 370 g/mol. The molecule has 0 aromatic heterocycles. The van der Waals surface area contributed by atoms with Gasteiger partial charge in [-0.1, -0.05) is 30.3 Å². The van der Waals surface area contributed by atoms with Crippen molar-refractivity contribution in [2.45, 2.75) is 56.3 Å². The summed E-state index contributed by atoms with van der Waals surface area (Å²) in [4.78, 5) is 24.0. The quantitative estimate of drug-likeness (QED) is 0.302. The molecule has 1 fully saturated rings. The molecule has 2 rings (SSSR count). The van der Waals surface area contributed by atoms with Crippen molar-refractivity contribution in [3.05, 3.63) is 35.9 Å². The summed E-state index contributed by atoms with van der Waals surface area (Å²) in [7, 11) is 0. The Hall–Kier alpha value is -2.04. The molecule has 1 saturated carbocycles. The van der Waals surface area contributed by atoms with Crippen LogP contribution in [-0.4, -0.2) is 74.0 Å². The number of aliphatic hydroxyl groups is 5. The fourth-order valence-corrected chi connectivity index (χ4v) is 3.55. The molecule has 156 valence electrons. The molecule has 6 N–H and O–H groups in total. The van der Waals surface area contributed by atoms with Crippen LogP contribution in [0, 0.1) is 5.92 Å². The largest absolute Gasteiger partial charge is 0.459 e. The lowest BCUT2D eigenvalue weighted by atomic mass is 9.70. The van der Waals surface area contributed by atoms with Gasteiger partial charge in [0, 0.05) is 19.3 Å². The maximum Gasteiger partial charge on any atom is 0.338 e. The molecule has 1 aromatic rings. The molecular formula is C19H27NO8. The molecule has 9 nitrogen and oxygen atoms in total. The van der Waals surface area contributed by atoms with Crippen molar-refractivity contribution in [3.63, 3.8) is 0 Å². The molecule has 1 aliphatic carbocycles. The van der Waals surface area contributed by atoms with Crippen molar-refractivity contribution < 1.29 is 39.9 Å². The second-order valence-electron chi connectivity index (χ2n) is 7.20. The molecule has 6 atom stereocenters. The van der Waals surface area contributed by atoms with Gasteiger partial charge in [-0.15, -0.1) is 0 Å². The van der Waals surface area contributed by atoms with Gasteiger partial charge in [-0.05, 0) is 12.0 Å². The van der Waals surface area contributed by atoms with E-state index in [0.717, 1.165) is 0 Å². The predicted molar refractivity (Wildman–Crippen MR) is 96.6 cm³/mol. The van der Waals surface area contributed by atoms with E-state index in [1.54, 1.807) is 30.3 Å². The lowest BCUT2D eigenvalue weighted by Crippen LogP contribution is -2.63. The Labute approximate surface area is 162 Å². The number of hydrogen-bond donors (Lipinski definition) is 6. The van der Waals surface area contributed by atoms with Crippen LogP contribution in [0.2, 0.25) is 0 Å². The zero-order chi connectivity index (χ0) is 20.9. The van der Waals surface area contributed by atoms with Crippen LogP contribution in [0.15, 0.2) is 30.3 Å². The number of ether oxygens (including phenoxy) is 1. The number of esters is 1. The van der Waals surface area contributed by atoms with Crippen LogP contribution >= 0.6 is 0 Å². The van der Waals surface area contributed by atoms with Crippen LogP contribution in [0.1, 0.15) is 25.3 Å². The average molecular weight is 397 g/mol. The van der Waals surface area contributed by atoms with E-state index in [1.807, 2.05) is 0 Å². The molecule has 28 heavy (non-hydrogen) atoms. The molecule has 1 aromatic carbocycles. The maximum absolute atomic E-state index is 12.5. The Morgan fingerprint density at radius 2 is 1.89 bits per heavy atom. The van der Waals surface area contributed by atoms with Gasteiger partial charge in [0.2, 0.25) is 5.91 Å². The SMILES string of the molecule is CC(=O)NC1C(O)CC(O)(C(=O)OCc2ccccc2)CC1C(O)C(O)CO. The number of carbonyl (C=O) groups is 2. The van der Waals surface area contributed by atoms with Crippen molar-refractivity contribution in [2.24, 2.45) is 5.92 Å². The molecule has 6 unspecified atom stereocenters. The third-order valence-corrected chi connectivity index (χ3v) is 4.98. The lowest BCUT2D eigenvalue weighted by molar-refractivity contribution is -0.185. The van der Waals surface area contributed by atoms with Crippen LogP contribution in [-0.2, 0) is 20.9 Å². The normalized spacial score (nSPS) is 29.6. The van der Waals surface area contributed by atoms with E-state index in [0.29, 0.717) is 5.56 Å². The average Bonchev–Trinajstić information content (AvgIpc) is 2.67. The highest BCUT2D eigenvalue weighted by molar-refractivity contribution is 5.80. The second-order valence-corrected chi connectivity index (χ2v) is 7.20. The number of hydrogen-bond acceptors (Lipinski definition) is 8. The summed E-state index contributed by atoms with van der Waals surface area (Å²) in [6.07, 6.45) is -5.33.